The normalized spacial score (nSPS) is 28.6. The fourth-order valence-corrected chi connectivity index (χ4v) is 8.50. The van der Waals surface area contributed by atoms with E-state index in [-0.39, 0.29) is 22.2 Å². The van der Waals surface area contributed by atoms with Gasteiger partial charge in [0.1, 0.15) is 36.4 Å². The molecule has 0 saturated carbocycles. The molecule has 10 N–H and O–H groups in total. The van der Waals surface area contributed by atoms with E-state index in [0.717, 1.165) is 101 Å². The number of nitrogens with two attached hydrogens (primary N) is 2. The Labute approximate surface area is 390 Å². The Morgan fingerprint density at radius 1 is 0.565 bits per heavy atom. The van der Waals surface area contributed by atoms with Crippen molar-refractivity contribution in [1.82, 2.24) is 26.2 Å². The van der Waals surface area contributed by atoms with Gasteiger partial charge in [0.2, 0.25) is 0 Å². The second-order valence-electron chi connectivity index (χ2n) is 22.6. The number of likely N-dealkylation sites (N-methyl/N-ethyl adjacent to an activating group) is 2. The van der Waals surface area contributed by atoms with Gasteiger partial charge < -0.3 is 60.6 Å². The Morgan fingerprint density at radius 2 is 0.871 bits per heavy atom. The lowest BCUT2D eigenvalue weighted by Gasteiger charge is -2.53. The molecule has 0 aliphatic carbocycles. The highest BCUT2D eigenvalue weighted by atomic mass is 35.5. The summed E-state index contributed by atoms with van der Waals surface area (Å²) < 4.78 is 21.6. The number of hydrogen-bond acceptors (Lipinski definition) is 12. The van der Waals surface area contributed by atoms with Gasteiger partial charge in [-0.05, 0) is 75.3 Å². The quantitative estimate of drug-likeness (QED) is 0.0429. The Bertz CT molecular complexity index is 1040. The topological polar surface area (TPSA) is 178 Å². The molecule has 6 aliphatic rings. The van der Waals surface area contributed by atoms with E-state index in [2.05, 4.69) is 131 Å². The van der Waals surface area contributed by atoms with Crippen molar-refractivity contribution in [2.45, 2.75) is 140 Å². The van der Waals surface area contributed by atoms with E-state index in [9.17, 15) is 5.21 Å². The van der Waals surface area contributed by atoms with Crippen LogP contribution in [-0.2, 0) is 18.9 Å². The third kappa shape index (κ3) is 29.6. The van der Waals surface area contributed by atoms with Gasteiger partial charge in [0.15, 0.2) is 0 Å². The number of alkyl halides is 2. The molecule has 0 radical (unpaired) electrons. The smallest absolute Gasteiger partial charge is 0.130 e. The van der Waals surface area contributed by atoms with E-state index >= 15 is 0 Å². The van der Waals surface area contributed by atoms with Crippen molar-refractivity contribution in [3.8, 4) is 0 Å². The zero-order valence-corrected chi connectivity index (χ0v) is 44.0. The minimum Gasteiger partial charge on any atom is -0.372 e. The maximum Gasteiger partial charge on any atom is 0.130 e. The number of nitrogens with one attached hydrogen (secondary N) is 5. The summed E-state index contributed by atoms with van der Waals surface area (Å²) in [5, 5.41) is 24.8. The molecule has 0 aromatic carbocycles. The minimum atomic E-state index is -0.0932. The number of epoxide rings is 4. The van der Waals surface area contributed by atoms with Gasteiger partial charge in [-0.3, -0.25) is 4.90 Å². The molecule has 15 nitrogen and oxygen atoms in total. The van der Waals surface area contributed by atoms with Crippen molar-refractivity contribution in [2.75, 3.05) is 153 Å². The number of quaternary nitrogens is 3. The van der Waals surface area contributed by atoms with E-state index in [0.29, 0.717) is 66.4 Å². The molecule has 0 aromatic heterocycles. The van der Waals surface area contributed by atoms with Crippen molar-refractivity contribution in [1.29, 1.82) is 0 Å². The summed E-state index contributed by atoms with van der Waals surface area (Å²) in [6.45, 7) is 31.0. The zero-order valence-electron chi connectivity index (χ0n) is 42.4. The van der Waals surface area contributed by atoms with Gasteiger partial charge in [-0.15, -0.1) is 23.2 Å². The van der Waals surface area contributed by atoms with Crippen molar-refractivity contribution in [3.63, 3.8) is 0 Å². The van der Waals surface area contributed by atoms with Crippen molar-refractivity contribution in [2.24, 2.45) is 11.5 Å². The molecule has 0 spiro atoms. The maximum atomic E-state index is 10.3. The molecule has 6 fully saturated rings. The van der Waals surface area contributed by atoms with Crippen LogP contribution in [0.2, 0.25) is 0 Å². The minimum absolute atomic E-state index is 0.0932. The van der Waals surface area contributed by atoms with Crippen LogP contribution in [0.25, 0.3) is 0 Å². The summed E-state index contributed by atoms with van der Waals surface area (Å²) in [6.07, 6.45) is 6.35. The van der Waals surface area contributed by atoms with Crippen LogP contribution in [0.3, 0.4) is 0 Å². The average Bonchev–Trinajstić information content (AvgIpc) is 3.92. The summed E-state index contributed by atoms with van der Waals surface area (Å²) in [6, 6.07) is 1.09. The summed E-state index contributed by atoms with van der Waals surface area (Å²) >= 11 is 10.5. The first-order valence-electron chi connectivity index (χ1n) is 23.4. The van der Waals surface area contributed by atoms with E-state index in [4.69, 9.17) is 53.6 Å². The molecule has 62 heavy (non-hydrogen) atoms. The molecule has 6 heterocycles. The van der Waals surface area contributed by atoms with Crippen LogP contribution in [0.4, 0.5) is 0 Å². The highest BCUT2D eigenvalue weighted by molar-refractivity contribution is 6.18. The lowest BCUT2D eigenvalue weighted by Crippen LogP contribution is -3.25. The molecule has 6 rings (SSSR count). The van der Waals surface area contributed by atoms with E-state index in [1.165, 1.54) is 12.8 Å². The third-order valence-corrected chi connectivity index (χ3v) is 12.4. The van der Waals surface area contributed by atoms with Crippen LogP contribution in [0.15, 0.2) is 0 Å². The Hall–Kier alpha value is -0.0200. The van der Waals surface area contributed by atoms with Gasteiger partial charge in [-0.25, -0.2) is 5.21 Å². The lowest BCUT2D eigenvalue weighted by molar-refractivity contribution is -1.16. The van der Waals surface area contributed by atoms with Gasteiger partial charge in [0.05, 0.1) is 92.7 Å². The molecule has 0 aromatic rings. The SMILES string of the molecule is CC1(C)CC(NCCNCCN)CC(C)(C)[NH+]1O.CN1C(C)(C)CC(NCCNCCN)CC1(C)C.C[N+](C)(C)CC1CO1.C[N+](C)(C)CC1CO1.ClCC1CO1.ClCC1CO1. The number of rotatable bonds is 18. The predicted octanol–water partition coefficient (Wildman–Crippen LogP) is 1.32. The van der Waals surface area contributed by atoms with Crippen LogP contribution in [-0.4, -0.2) is 231 Å². The van der Waals surface area contributed by atoms with Crippen LogP contribution in [0.1, 0.15) is 81.1 Å². The van der Waals surface area contributed by atoms with Gasteiger partial charge in [-0.2, -0.15) is 5.06 Å². The summed E-state index contributed by atoms with van der Waals surface area (Å²) in [4.78, 5) is 2.52. The zero-order chi connectivity index (χ0) is 47.4. The average molecular weight is 933 g/mol. The molecule has 4 atom stereocenters. The molecule has 0 amide bonds. The maximum absolute atomic E-state index is 10.3. The summed E-state index contributed by atoms with van der Waals surface area (Å²) in [5.41, 5.74) is 11.2. The number of piperidine rings is 2. The molecule has 6 aliphatic heterocycles. The number of hydroxylamine groups is 2. The highest BCUT2D eigenvalue weighted by Gasteiger charge is 2.49. The Kier molecular flexibility index (Phi) is 27.4. The monoisotopic (exact) mass is 932 g/mol. The van der Waals surface area contributed by atoms with Crippen molar-refractivity contribution >= 4 is 23.2 Å². The second-order valence-corrected chi connectivity index (χ2v) is 23.2. The standard InChI is InChI=1S/C14H32N4.C13H30N4O.2C6H14NO.2C3H5ClO/c1-13(2)10-12(11-14(3,4)18(13)5)17-9-8-16-7-6-15;1-12(2)9-11(10-13(3,4)17(12)18)16-8-7-15-6-5-14;2*1-7(2,3)4-6-5-8-6;2*4-1-3-2-5-3/h12,16-17H,6-11,15H2,1-5H3;11,15-16,18H,5-10,14H2,1-4H3;2*6H,4-5H2,1-3H3;2*3H,1-2H2/q;;2*+1;;/p+1. The molecule has 17 heteroatoms. The van der Waals surface area contributed by atoms with Crippen LogP contribution in [0, 0.1) is 0 Å². The molecule has 0 bridgehead atoms. The van der Waals surface area contributed by atoms with Gasteiger partial charge in [-0.1, -0.05) is 0 Å². The highest BCUT2D eigenvalue weighted by Crippen LogP contribution is 2.36. The largest absolute Gasteiger partial charge is 0.372 e. The van der Waals surface area contributed by atoms with Gasteiger partial charge in [0, 0.05) is 88.4 Å². The molecular weight excluding hydrogens is 831 g/mol. The molecule has 4 unspecified atom stereocenters. The van der Waals surface area contributed by atoms with Crippen LogP contribution < -0.4 is 37.8 Å². The van der Waals surface area contributed by atoms with Gasteiger partial charge >= 0.3 is 0 Å². The second kappa shape index (κ2) is 28.3. The van der Waals surface area contributed by atoms with E-state index < -0.39 is 0 Å². The molecular formula is C45H101Cl2N10O5+3. The Balaban J connectivity index is 0.000000400. The Morgan fingerprint density at radius 3 is 1.10 bits per heavy atom. The summed E-state index contributed by atoms with van der Waals surface area (Å²) in [7, 11) is 15.3. The van der Waals surface area contributed by atoms with Crippen molar-refractivity contribution in [3.05, 3.63) is 0 Å². The number of hydrogen-bond donors (Lipinski definition) is 8. The van der Waals surface area contributed by atoms with E-state index in [1.54, 1.807) is 0 Å². The summed E-state index contributed by atoms with van der Waals surface area (Å²) in [5.74, 6) is 1.33. The first-order valence-corrected chi connectivity index (χ1v) is 24.5. The predicted molar refractivity (Wildman–Crippen MR) is 259 cm³/mol. The first kappa shape index (κ1) is 60.0. The lowest BCUT2D eigenvalue weighted by atomic mass is 9.77. The number of likely N-dealkylation sites (tertiary alicyclic amines) is 1. The molecule has 372 valence electrons. The first-order chi connectivity index (χ1) is 28.6. The van der Waals surface area contributed by atoms with Crippen LogP contribution in [0.5, 0.6) is 0 Å². The number of nitrogens with zero attached hydrogens (tertiary/aromatic N) is 3. The third-order valence-electron chi connectivity index (χ3n) is 11.7. The van der Waals surface area contributed by atoms with Crippen molar-refractivity contribution < 1.29 is 38.2 Å². The fourth-order valence-electron chi connectivity index (χ4n) is 8.14. The van der Waals surface area contributed by atoms with E-state index in [1.807, 2.05) is 0 Å². The fraction of sp³-hybridized carbons (Fsp3) is 1.00. The number of halogens is 2. The van der Waals surface area contributed by atoms with Crippen LogP contribution >= 0.6 is 23.2 Å². The molecule has 6 saturated heterocycles. The van der Waals surface area contributed by atoms with Gasteiger partial charge in [0.25, 0.3) is 0 Å². The number of ether oxygens (including phenoxy) is 4.